The molecular formula is C29H30N2O2S. The third-order valence-corrected chi connectivity index (χ3v) is 6.22. The van der Waals surface area contributed by atoms with Crippen molar-refractivity contribution in [2.45, 2.75) is 32.1 Å². The molecule has 3 rings (SSSR count). The molecule has 0 atom stereocenters. The lowest BCUT2D eigenvalue weighted by molar-refractivity contribution is 0.0955. The van der Waals surface area contributed by atoms with E-state index in [0.29, 0.717) is 22.6 Å². The molecule has 0 saturated heterocycles. The topological polar surface area (TPSA) is 62.1 Å². The van der Waals surface area contributed by atoms with Crippen LogP contribution >= 0.6 is 11.8 Å². The molecule has 3 aromatic rings. The van der Waals surface area contributed by atoms with Gasteiger partial charge in [-0.25, -0.2) is 0 Å². The van der Waals surface area contributed by atoms with Crippen molar-refractivity contribution in [2.24, 2.45) is 5.41 Å². The number of benzene rings is 3. The summed E-state index contributed by atoms with van der Waals surface area (Å²) in [7, 11) is 1.55. The van der Waals surface area contributed by atoms with Crippen molar-refractivity contribution in [3.63, 3.8) is 0 Å². The van der Waals surface area contributed by atoms with Gasteiger partial charge < -0.3 is 10.1 Å². The number of amides is 1. The van der Waals surface area contributed by atoms with Gasteiger partial charge in [0, 0.05) is 16.0 Å². The highest BCUT2D eigenvalue weighted by molar-refractivity contribution is 7.98. The van der Waals surface area contributed by atoms with Crippen molar-refractivity contribution in [2.75, 3.05) is 13.4 Å². The predicted molar refractivity (Wildman–Crippen MR) is 140 cm³/mol. The largest absolute Gasteiger partial charge is 0.496 e. The van der Waals surface area contributed by atoms with Crippen molar-refractivity contribution in [1.82, 2.24) is 5.32 Å². The zero-order chi connectivity index (χ0) is 24.7. The fourth-order valence-electron chi connectivity index (χ4n) is 3.68. The second kappa shape index (κ2) is 11.1. The zero-order valence-corrected chi connectivity index (χ0v) is 21.1. The molecule has 174 valence electrons. The van der Waals surface area contributed by atoms with E-state index in [-0.39, 0.29) is 5.91 Å². The number of methoxy groups -OCH3 is 1. The third-order valence-electron chi connectivity index (χ3n) is 5.50. The Morgan fingerprint density at radius 2 is 1.65 bits per heavy atom. The molecule has 4 nitrogen and oxygen atoms in total. The molecule has 0 bridgehead atoms. The third kappa shape index (κ3) is 6.09. The van der Waals surface area contributed by atoms with Gasteiger partial charge >= 0.3 is 0 Å². The van der Waals surface area contributed by atoms with Gasteiger partial charge in [-0.2, -0.15) is 5.26 Å². The summed E-state index contributed by atoms with van der Waals surface area (Å²) in [5, 5.41) is 13.1. The van der Waals surface area contributed by atoms with Crippen LogP contribution in [-0.4, -0.2) is 19.3 Å². The molecule has 0 radical (unpaired) electrons. The highest BCUT2D eigenvalue weighted by atomic mass is 32.2. The van der Waals surface area contributed by atoms with E-state index in [1.807, 2.05) is 81.6 Å². The quantitative estimate of drug-likeness (QED) is 0.308. The number of carbonyl (C=O) groups is 1. The molecule has 5 heteroatoms. The lowest BCUT2D eigenvalue weighted by atomic mass is 9.86. The number of hydrogen-bond acceptors (Lipinski definition) is 4. The number of hydrogen-bond donors (Lipinski definition) is 1. The molecule has 1 N–H and O–H groups in total. The number of allylic oxidation sites excluding steroid dienone is 2. The fraction of sp³-hybridized carbons (Fsp3) is 0.241. The number of nitrogens with zero attached hydrogens (tertiary/aromatic N) is 1. The summed E-state index contributed by atoms with van der Waals surface area (Å²) in [5.74, 6) is 0.198. The first-order valence-electron chi connectivity index (χ1n) is 11.1. The Bertz CT molecular complexity index is 1220. The van der Waals surface area contributed by atoms with Crippen LogP contribution < -0.4 is 10.1 Å². The minimum absolute atomic E-state index is 0.303. The second-order valence-electron chi connectivity index (χ2n) is 8.99. The Morgan fingerprint density at radius 1 is 1.00 bits per heavy atom. The van der Waals surface area contributed by atoms with Crippen molar-refractivity contribution in [1.29, 1.82) is 5.26 Å². The van der Waals surface area contributed by atoms with E-state index in [1.54, 1.807) is 24.9 Å². The van der Waals surface area contributed by atoms with Crippen LogP contribution in [0, 0.1) is 16.7 Å². The summed E-state index contributed by atoms with van der Waals surface area (Å²) in [6, 6.07) is 26.0. The average Bonchev–Trinajstić information content (AvgIpc) is 2.84. The lowest BCUT2D eigenvalue weighted by Crippen LogP contribution is -2.31. The fourth-order valence-corrected chi connectivity index (χ4v) is 4.11. The maximum absolute atomic E-state index is 13.2. The summed E-state index contributed by atoms with van der Waals surface area (Å²) < 4.78 is 5.45. The van der Waals surface area contributed by atoms with E-state index in [4.69, 9.17) is 4.74 Å². The maximum atomic E-state index is 13.2. The van der Waals surface area contributed by atoms with E-state index >= 15 is 0 Å². The zero-order valence-electron chi connectivity index (χ0n) is 20.3. The van der Waals surface area contributed by atoms with Crippen LogP contribution in [0.25, 0.3) is 5.57 Å². The summed E-state index contributed by atoms with van der Waals surface area (Å²) >= 11 is 1.58. The normalized spacial score (nSPS) is 11.9. The SMILES string of the molecule is COc1cc(SC)ccc1C(=O)NC(=C(C#N)c1ccc(Cc2ccccc2)cc1)C(C)(C)C. The lowest BCUT2D eigenvalue weighted by Gasteiger charge is -2.26. The monoisotopic (exact) mass is 470 g/mol. The van der Waals surface area contributed by atoms with Crippen molar-refractivity contribution < 1.29 is 9.53 Å². The minimum Gasteiger partial charge on any atom is -0.496 e. The Kier molecular flexibility index (Phi) is 8.20. The van der Waals surface area contributed by atoms with Crippen LogP contribution in [0.2, 0.25) is 0 Å². The summed E-state index contributed by atoms with van der Waals surface area (Å²) in [6.07, 6.45) is 2.79. The van der Waals surface area contributed by atoms with Gasteiger partial charge in [-0.15, -0.1) is 11.8 Å². The van der Waals surface area contributed by atoms with E-state index in [0.717, 1.165) is 22.4 Å². The number of carbonyl (C=O) groups excluding carboxylic acids is 1. The highest BCUT2D eigenvalue weighted by Gasteiger charge is 2.26. The van der Waals surface area contributed by atoms with Crippen LogP contribution in [0.5, 0.6) is 5.75 Å². The van der Waals surface area contributed by atoms with Gasteiger partial charge in [-0.3, -0.25) is 4.79 Å². The summed E-state index contributed by atoms with van der Waals surface area (Å²) in [5.41, 5.74) is 4.16. The molecule has 0 aliphatic carbocycles. The molecule has 34 heavy (non-hydrogen) atoms. The molecule has 3 aromatic carbocycles. The Labute approximate surface area is 206 Å². The van der Waals surface area contributed by atoms with Gasteiger partial charge in [0.2, 0.25) is 0 Å². The van der Waals surface area contributed by atoms with E-state index in [9.17, 15) is 10.1 Å². The van der Waals surface area contributed by atoms with E-state index in [2.05, 4.69) is 23.5 Å². The van der Waals surface area contributed by atoms with Gasteiger partial charge in [0.25, 0.3) is 5.91 Å². The first-order valence-corrected chi connectivity index (χ1v) is 12.3. The van der Waals surface area contributed by atoms with Gasteiger partial charge in [0.15, 0.2) is 0 Å². The number of thioether (sulfide) groups is 1. The molecule has 0 heterocycles. The molecule has 0 aliphatic rings. The maximum Gasteiger partial charge on any atom is 0.259 e. The highest BCUT2D eigenvalue weighted by Crippen LogP contribution is 2.32. The molecule has 1 amide bonds. The summed E-state index contributed by atoms with van der Waals surface area (Å²) in [6.45, 7) is 5.95. The molecular weight excluding hydrogens is 440 g/mol. The number of nitriles is 1. The van der Waals surface area contributed by atoms with Crippen molar-refractivity contribution in [3.8, 4) is 11.8 Å². The van der Waals surface area contributed by atoms with E-state index in [1.165, 1.54) is 5.56 Å². The van der Waals surface area contributed by atoms with Crippen LogP contribution in [0.15, 0.2) is 83.4 Å². The molecule has 0 fully saturated rings. The Balaban J connectivity index is 1.95. The van der Waals surface area contributed by atoms with Crippen LogP contribution in [-0.2, 0) is 6.42 Å². The van der Waals surface area contributed by atoms with E-state index < -0.39 is 5.41 Å². The average molecular weight is 471 g/mol. The Morgan fingerprint density at radius 3 is 2.21 bits per heavy atom. The molecule has 0 unspecified atom stereocenters. The van der Waals surface area contributed by atoms with Gasteiger partial charge in [0.1, 0.15) is 11.8 Å². The first-order chi connectivity index (χ1) is 16.3. The number of rotatable bonds is 7. The van der Waals surface area contributed by atoms with Gasteiger partial charge in [0.05, 0.1) is 18.2 Å². The van der Waals surface area contributed by atoms with Crippen LogP contribution in [0.3, 0.4) is 0 Å². The van der Waals surface area contributed by atoms with Gasteiger partial charge in [-0.1, -0.05) is 75.4 Å². The Hall–Kier alpha value is -3.49. The molecule has 0 aromatic heterocycles. The smallest absolute Gasteiger partial charge is 0.259 e. The van der Waals surface area contributed by atoms with Crippen LogP contribution in [0.1, 0.15) is 47.8 Å². The second-order valence-corrected chi connectivity index (χ2v) is 9.87. The number of ether oxygens (including phenoxy) is 1. The molecule has 0 aliphatic heterocycles. The summed E-state index contributed by atoms with van der Waals surface area (Å²) in [4.78, 5) is 14.3. The van der Waals surface area contributed by atoms with Gasteiger partial charge in [-0.05, 0) is 47.6 Å². The first kappa shape index (κ1) is 25.1. The van der Waals surface area contributed by atoms with Crippen molar-refractivity contribution >= 4 is 23.2 Å². The number of nitrogens with one attached hydrogen (secondary N) is 1. The van der Waals surface area contributed by atoms with Crippen LogP contribution in [0.4, 0.5) is 0 Å². The standard InChI is InChI=1S/C29H30N2O2S/c1-29(2,3)27(31-28(32)24-16-15-23(34-5)18-26(24)33-4)25(19-30)22-13-11-21(12-14-22)17-20-9-7-6-8-10-20/h6-16,18H,17H2,1-5H3,(H,31,32). The van der Waals surface area contributed by atoms with Crippen molar-refractivity contribution in [3.05, 3.63) is 101 Å². The predicted octanol–water partition coefficient (Wildman–Crippen LogP) is 6.72. The minimum atomic E-state index is -0.462. The molecule has 0 saturated carbocycles. The molecule has 0 spiro atoms.